The first-order chi connectivity index (χ1) is 11.6. The van der Waals surface area contributed by atoms with Crippen molar-refractivity contribution in [3.8, 4) is 0 Å². The third kappa shape index (κ3) is 2.53. The molecule has 0 aliphatic carbocycles. The van der Waals surface area contributed by atoms with Gasteiger partial charge in [-0.25, -0.2) is 4.90 Å². The lowest BCUT2D eigenvalue weighted by molar-refractivity contribution is -0.123. The summed E-state index contributed by atoms with van der Waals surface area (Å²) in [6.07, 6.45) is 1.20. The molecular formula is C20H20N2O2. The molecule has 1 saturated heterocycles. The molecule has 2 aromatic rings. The minimum Gasteiger partial charge on any atom is -0.287 e. The zero-order valence-corrected chi connectivity index (χ0v) is 13.7. The molecule has 0 N–H and O–H groups in total. The van der Waals surface area contributed by atoms with E-state index in [-0.39, 0.29) is 24.3 Å². The van der Waals surface area contributed by atoms with Gasteiger partial charge < -0.3 is 0 Å². The summed E-state index contributed by atoms with van der Waals surface area (Å²) in [5, 5.41) is 0. The van der Waals surface area contributed by atoms with Gasteiger partial charge in [0.1, 0.15) is 0 Å². The van der Waals surface area contributed by atoms with Gasteiger partial charge in [-0.15, -0.1) is 0 Å². The molecule has 2 heterocycles. The molecule has 1 unspecified atom stereocenters. The summed E-state index contributed by atoms with van der Waals surface area (Å²) >= 11 is 0. The smallest absolute Gasteiger partial charge is 0.251 e. The highest BCUT2D eigenvalue weighted by Crippen LogP contribution is 2.29. The van der Waals surface area contributed by atoms with Gasteiger partial charge in [-0.05, 0) is 42.2 Å². The number of carbonyl (C=O) groups is 2. The number of carbonyl (C=O) groups excluding carboxylic acids is 2. The second kappa shape index (κ2) is 5.87. The summed E-state index contributed by atoms with van der Waals surface area (Å²) in [7, 11) is 0. The number of amides is 2. The second-order valence-corrected chi connectivity index (χ2v) is 6.62. The molecule has 2 aliphatic rings. The Bertz CT molecular complexity index is 815. The van der Waals surface area contributed by atoms with E-state index in [1.54, 1.807) is 0 Å². The van der Waals surface area contributed by atoms with Crippen LogP contribution in [-0.2, 0) is 22.6 Å². The lowest BCUT2D eigenvalue weighted by Gasteiger charge is -2.32. The van der Waals surface area contributed by atoms with Crippen molar-refractivity contribution in [3.05, 3.63) is 65.2 Å². The summed E-state index contributed by atoms with van der Waals surface area (Å²) in [5.74, 6) is -0.195. The highest BCUT2D eigenvalue weighted by Gasteiger charge is 2.43. The van der Waals surface area contributed by atoms with Crippen LogP contribution in [0.1, 0.15) is 23.1 Å². The van der Waals surface area contributed by atoms with E-state index in [9.17, 15) is 9.59 Å². The highest BCUT2D eigenvalue weighted by molar-refractivity contribution is 6.22. The van der Waals surface area contributed by atoms with Crippen LogP contribution in [0.25, 0.3) is 0 Å². The lowest BCUT2D eigenvalue weighted by Crippen LogP contribution is -2.44. The Morgan fingerprint density at radius 3 is 2.58 bits per heavy atom. The topological polar surface area (TPSA) is 40.6 Å². The summed E-state index contributed by atoms with van der Waals surface area (Å²) in [5.41, 5.74) is 4.34. The molecule has 24 heavy (non-hydrogen) atoms. The Morgan fingerprint density at radius 2 is 1.79 bits per heavy atom. The third-order valence-electron chi connectivity index (χ3n) is 4.98. The van der Waals surface area contributed by atoms with Crippen molar-refractivity contribution < 1.29 is 9.59 Å². The Hall–Kier alpha value is -2.46. The van der Waals surface area contributed by atoms with Crippen LogP contribution in [0, 0.1) is 6.92 Å². The quantitative estimate of drug-likeness (QED) is 0.799. The minimum atomic E-state index is -0.341. The van der Waals surface area contributed by atoms with Crippen LogP contribution in [0.5, 0.6) is 0 Å². The van der Waals surface area contributed by atoms with Crippen molar-refractivity contribution in [3.63, 3.8) is 0 Å². The molecule has 0 aromatic heterocycles. The number of aryl methyl sites for hydroxylation is 1. The van der Waals surface area contributed by atoms with Gasteiger partial charge in [0.25, 0.3) is 5.91 Å². The average Bonchev–Trinajstić information content (AvgIpc) is 2.89. The van der Waals surface area contributed by atoms with E-state index >= 15 is 0 Å². The number of anilines is 1. The van der Waals surface area contributed by atoms with Crippen LogP contribution in [0.15, 0.2) is 48.5 Å². The summed E-state index contributed by atoms with van der Waals surface area (Å²) in [6, 6.07) is 15.6. The fourth-order valence-electron chi connectivity index (χ4n) is 3.72. The first-order valence-electron chi connectivity index (χ1n) is 8.38. The van der Waals surface area contributed by atoms with Crippen LogP contribution in [0.3, 0.4) is 0 Å². The summed E-state index contributed by atoms with van der Waals surface area (Å²) in [4.78, 5) is 28.9. The standard InChI is InChI=1S/C20H20N2O2/c1-14-5-4-8-17(11-14)22-19(23)12-18(20(22)24)21-10-9-15-6-2-3-7-16(15)13-21/h2-8,11,18H,9-10,12-13H2,1H3. The normalized spacial score (nSPS) is 21.2. The van der Waals surface area contributed by atoms with Crippen LogP contribution >= 0.6 is 0 Å². The number of rotatable bonds is 2. The monoisotopic (exact) mass is 320 g/mol. The van der Waals surface area contributed by atoms with Crippen LogP contribution in [-0.4, -0.2) is 29.3 Å². The van der Waals surface area contributed by atoms with Gasteiger partial charge in [0.2, 0.25) is 5.91 Å². The largest absolute Gasteiger partial charge is 0.287 e. The Kier molecular flexibility index (Phi) is 3.69. The first-order valence-corrected chi connectivity index (χ1v) is 8.38. The number of fused-ring (bicyclic) bond motifs is 1. The number of hydrogen-bond acceptors (Lipinski definition) is 3. The number of hydrogen-bond donors (Lipinski definition) is 0. The van der Waals surface area contributed by atoms with E-state index in [1.807, 2.05) is 37.3 Å². The Labute approximate surface area is 141 Å². The third-order valence-corrected chi connectivity index (χ3v) is 4.98. The minimum absolute atomic E-state index is 0.0926. The van der Waals surface area contributed by atoms with Crippen molar-refractivity contribution in [2.24, 2.45) is 0 Å². The highest BCUT2D eigenvalue weighted by atomic mass is 16.2. The SMILES string of the molecule is Cc1cccc(N2C(=O)CC(N3CCc4ccccc4C3)C2=O)c1. The maximum absolute atomic E-state index is 12.9. The molecule has 4 rings (SSSR count). The molecule has 2 amide bonds. The molecular weight excluding hydrogens is 300 g/mol. The molecule has 1 atom stereocenters. The molecule has 2 aromatic carbocycles. The molecule has 2 aliphatic heterocycles. The van der Waals surface area contributed by atoms with Crippen molar-refractivity contribution in [1.82, 2.24) is 4.90 Å². The van der Waals surface area contributed by atoms with Crippen LogP contribution in [0.2, 0.25) is 0 Å². The van der Waals surface area contributed by atoms with Crippen molar-refractivity contribution in [1.29, 1.82) is 0 Å². The molecule has 4 heteroatoms. The summed E-state index contributed by atoms with van der Waals surface area (Å²) < 4.78 is 0. The van der Waals surface area contributed by atoms with E-state index in [0.29, 0.717) is 5.69 Å². The van der Waals surface area contributed by atoms with E-state index in [1.165, 1.54) is 16.0 Å². The second-order valence-electron chi connectivity index (χ2n) is 6.62. The fraction of sp³-hybridized carbons (Fsp3) is 0.300. The molecule has 4 nitrogen and oxygen atoms in total. The number of imide groups is 1. The zero-order valence-electron chi connectivity index (χ0n) is 13.7. The molecule has 0 saturated carbocycles. The van der Waals surface area contributed by atoms with Gasteiger partial charge in [0, 0.05) is 13.1 Å². The molecule has 0 bridgehead atoms. The maximum Gasteiger partial charge on any atom is 0.251 e. The van der Waals surface area contributed by atoms with Crippen molar-refractivity contribution in [2.45, 2.75) is 32.4 Å². The number of benzene rings is 2. The van der Waals surface area contributed by atoms with Crippen molar-refractivity contribution in [2.75, 3.05) is 11.4 Å². The molecule has 1 fully saturated rings. The van der Waals surface area contributed by atoms with Gasteiger partial charge in [0.05, 0.1) is 18.2 Å². The van der Waals surface area contributed by atoms with E-state index in [2.05, 4.69) is 23.1 Å². The predicted octanol–water partition coefficient (Wildman–Crippen LogP) is 2.69. The van der Waals surface area contributed by atoms with Gasteiger partial charge in [-0.1, -0.05) is 36.4 Å². The number of nitrogens with zero attached hydrogens (tertiary/aromatic N) is 2. The lowest BCUT2D eigenvalue weighted by atomic mass is 9.98. The van der Waals surface area contributed by atoms with Crippen LogP contribution < -0.4 is 4.90 Å². The zero-order chi connectivity index (χ0) is 16.7. The predicted molar refractivity (Wildman–Crippen MR) is 92.6 cm³/mol. The molecule has 0 spiro atoms. The van der Waals surface area contributed by atoms with Gasteiger partial charge in [-0.2, -0.15) is 0 Å². The Morgan fingerprint density at radius 1 is 1.00 bits per heavy atom. The summed E-state index contributed by atoms with van der Waals surface area (Å²) in [6.45, 7) is 3.53. The van der Waals surface area contributed by atoms with E-state index < -0.39 is 0 Å². The van der Waals surface area contributed by atoms with Gasteiger partial charge in [0.15, 0.2) is 0 Å². The van der Waals surface area contributed by atoms with E-state index in [0.717, 1.165) is 25.1 Å². The van der Waals surface area contributed by atoms with Gasteiger partial charge in [-0.3, -0.25) is 14.5 Å². The fourth-order valence-corrected chi connectivity index (χ4v) is 3.72. The van der Waals surface area contributed by atoms with E-state index in [4.69, 9.17) is 0 Å². The van der Waals surface area contributed by atoms with Crippen molar-refractivity contribution >= 4 is 17.5 Å². The molecule has 122 valence electrons. The first kappa shape index (κ1) is 15.1. The Balaban J connectivity index is 1.58. The van der Waals surface area contributed by atoms with Crippen LogP contribution in [0.4, 0.5) is 5.69 Å². The van der Waals surface area contributed by atoms with Gasteiger partial charge >= 0.3 is 0 Å². The average molecular weight is 320 g/mol. The molecule has 0 radical (unpaired) electrons. The maximum atomic E-state index is 12.9.